The van der Waals surface area contributed by atoms with Crippen LogP contribution in [0.4, 0.5) is 0 Å². The molecule has 2 fully saturated rings. The summed E-state index contributed by atoms with van der Waals surface area (Å²) in [7, 11) is 1.89. The molecule has 0 aromatic carbocycles. The molecule has 0 atom stereocenters. The topological polar surface area (TPSA) is 59.8 Å². The van der Waals surface area contributed by atoms with E-state index in [9.17, 15) is 4.79 Å². The number of hydrogen-bond acceptors (Lipinski definition) is 4. The second-order valence-electron chi connectivity index (χ2n) is 7.61. The summed E-state index contributed by atoms with van der Waals surface area (Å²) in [6.07, 6.45) is 5.00. The van der Waals surface area contributed by atoms with Crippen molar-refractivity contribution in [1.82, 2.24) is 20.1 Å². The summed E-state index contributed by atoms with van der Waals surface area (Å²) >= 11 is 1.64. The lowest BCUT2D eigenvalue weighted by molar-refractivity contribution is 0.0928. The Bertz CT molecular complexity index is 971. The standard InChI is InChI=1S/C20H22N4OS/c1-11-17-14(20(25)22-18(12-5-6-12)13-7-8-13)10-15(16-4-3-9-26-16)21-19(17)24(2)23-11/h3-4,9-10,12-13,18H,5-8H2,1-2H3,(H,22,25). The fourth-order valence-electron chi connectivity index (χ4n) is 3.93. The molecule has 0 saturated heterocycles. The van der Waals surface area contributed by atoms with Crippen molar-refractivity contribution in [1.29, 1.82) is 0 Å². The zero-order valence-electron chi connectivity index (χ0n) is 15.0. The van der Waals surface area contributed by atoms with Gasteiger partial charge >= 0.3 is 0 Å². The second-order valence-corrected chi connectivity index (χ2v) is 8.56. The molecule has 1 N–H and O–H groups in total. The molecular formula is C20H22N4OS. The van der Waals surface area contributed by atoms with E-state index in [2.05, 4.69) is 10.4 Å². The van der Waals surface area contributed by atoms with Crippen molar-refractivity contribution < 1.29 is 4.79 Å². The molecular weight excluding hydrogens is 344 g/mol. The molecule has 2 aliphatic rings. The van der Waals surface area contributed by atoms with Gasteiger partial charge in [0.2, 0.25) is 0 Å². The van der Waals surface area contributed by atoms with Crippen molar-refractivity contribution in [2.24, 2.45) is 18.9 Å². The van der Waals surface area contributed by atoms with Gasteiger partial charge in [0, 0.05) is 13.1 Å². The van der Waals surface area contributed by atoms with Crippen LogP contribution in [-0.4, -0.2) is 26.7 Å². The van der Waals surface area contributed by atoms with E-state index in [1.54, 1.807) is 16.0 Å². The molecule has 1 amide bonds. The molecule has 6 heteroatoms. The largest absolute Gasteiger partial charge is 0.349 e. The van der Waals surface area contributed by atoms with Gasteiger partial charge in [0.15, 0.2) is 5.65 Å². The van der Waals surface area contributed by atoms with Gasteiger partial charge in [-0.3, -0.25) is 9.48 Å². The van der Waals surface area contributed by atoms with Crippen molar-refractivity contribution in [2.75, 3.05) is 0 Å². The van der Waals surface area contributed by atoms with E-state index < -0.39 is 0 Å². The fraction of sp³-hybridized carbons (Fsp3) is 0.450. The van der Waals surface area contributed by atoms with Gasteiger partial charge in [-0.2, -0.15) is 5.10 Å². The number of pyridine rings is 1. The van der Waals surface area contributed by atoms with Crippen LogP contribution < -0.4 is 5.32 Å². The minimum absolute atomic E-state index is 0.0232. The number of aryl methyl sites for hydroxylation is 2. The van der Waals surface area contributed by atoms with Crippen LogP contribution in [0.2, 0.25) is 0 Å². The summed E-state index contributed by atoms with van der Waals surface area (Å²) in [5.41, 5.74) is 3.17. The van der Waals surface area contributed by atoms with E-state index in [1.807, 2.05) is 37.6 Å². The third-order valence-electron chi connectivity index (χ3n) is 5.54. The highest BCUT2D eigenvalue weighted by Gasteiger charge is 2.42. The van der Waals surface area contributed by atoms with Crippen LogP contribution in [0.3, 0.4) is 0 Å². The van der Waals surface area contributed by atoms with E-state index in [4.69, 9.17) is 4.98 Å². The lowest BCUT2D eigenvalue weighted by Crippen LogP contribution is -2.38. The van der Waals surface area contributed by atoms with E-state index in [0.29, 0.717) is 23.4 Å². The molecule has 2 aliphatic carbocycles. The number of rotatable bonds is 5. The van der Waals surface area contributed by atoms with Crippen molar-refractivity contribution in [3.8, 4) is 10.6 Å². The number of amides is 1. The van der Waals surface area contributed by atoms with Gasteiger partial charge in [0.1, 0.15) is 0 Å². The number of carbonyl (C=O) groups excluding carboxylic acids is 1. The molecule has 3 aromatic rings. The van der Waals surface area contributed by atoms with Gasteiger partial charge in [-0.25, -0.2) is 4.98 Å². The molecule has 2 saturated carbocycles. The number of nitrogens with zero attached hydrogens (tertiary/aromatic N) is 3. The lowest BCUT2D eigenvalue weighted by atomic mass is 10.0. The van der Waals surface area contributed by atoms with E-state index in [1.165, 1.54) is 25.7 Å². The number of thiophene rings is 1. The number of fused-ring (bicyclic) bond motifs is 1. The van der Waals surface area contributed by atoms with Crippen LogP contribution in [0.1, 0.15) is 41.7 Å². The maximum Gasteiger partial charge on any atom is 0.252 e. The summed E-state index contributed by atoms with van der Waals surface area (Å²) in [4.78, 5) is 19.1. The minimum atomic E-state index is 0.0232. The zero-order chi connectivity index (χ0) is 17.8. The second kappa shape index (κ2) is 5.91. The number of aromatic nitrogens is 3. The van der Waals surface area contributed by atoms with Gasteiger partial charge in [0.25, 0.3) is 5.91 Å². The fourth-order valence-corrected chi connectivity index (χ4v) is 4.62. The summed E-state index contributed by atoms with van der Waals surface area (Å²) in [5.74, 6) is 1.38. The van der Waals surface area contributed by atoms with Crippen molar-refractivity contribution >= 4 is 28.3 Å². The maximum absolute atomic E-state index is 13.2. The van der Waals surface area contributed by atoms with Gasteiger partial charge < -0.3 is 5.32 Å². The van der Waals surface area contributed by atoms with E-state index in [-0.39, 0.29) is 5.91 Å². The van der Waals surface area contributed by atoms with Crippen molar-refractivity contribution in [3.63, 3.8) is 0 Å². The first-order valence-electron chi connectivity index (χ1n) is 9.31. The van der Waals surface area contributed by atoms with Crippen molar-refractivity contribution in [2.45, 2.75) is 38.6 Å². The van der Waals surface area contributed by atoms with Gasteiger partial charge in [0.05, 0.1) is 27.2 Å². The molecule has 0 aliphatic heterocycles. The number of nitrogens with one attached hydrogen (secondary N) is 1. The Morgan fingerprint density at radius 1 is 1.31 bits per heavy atom. The molecule has 3 aromatic heterocycles. The number of hydrogen-bond donors (Lipinski definition) is 1. The van der Waals surface area contributed by atoms with Gasteiger partial charge in [-0.1, -0.05) is 6.07 Å². The van der Waals surface area contributed by atoms with Crippen molar-refractivity contribution in [3.05, 3.63) is 34.8 Å². The third-order valence-corrected chi connectivity index (χ3v) is 6.44. The predicted octanol–water partition coefficient (Wildman–Crippen LogP) is 3.92. The Balaban J connectivity index is 1.59. The normalized spacial score (nSPS) is 17.2. The first-order chi connectivity index (χ1) is 12.6. The average molecular weight is 366 g/mol. The zero-order valence-corrected chi connectivity index (χ0v) is 15.8. The Morgan fingerprint density at radius 2 is 2.04 bits per heavy atom. The first kappa shape index (κ1) is 16.0. The first-order valence-corrected chi connectivity index (χ1v) is 10.2. The molecule has 0 radical (unpaired) electrons. The Hall–Kier alpha value is -2.21. The van der Waals surface area contributed by atoms with Crippen LogP contribution in [0.5, 0.6) is 0 Å². The molecule has 0 bridgehead atoms. The van der Waals surface area contributed by atoms with Crippen LogP contribution in [-0.2, 0) is 7.05 Å². The van der Waals surface area contributed by atoms with E-state index >= 15 is 0 Å². The summed E-state index contributed by atoms with van der Waals surface area (Å²) < 4.78 is 1.78. The summed E-state index contributed by atoms with van der Waals surface area (Å²) in [5, 5.41) is 10.8. The van der Waals surface area contributed by atoms with Crippen LogP contribution in [0, 0.1) is 18.8 Å². The molecule has 5 rings (SSSR count). The summed E-state index contributed by atoms with van der Waals surface area (Å²) in [6, 6.07) is 6.33. The Labute approximate surface area is 156 Å². The highest BCUT2D eigenvalue weighted by atomic mass is 32.1. The number of carbonyl (C=O) groups is 1. The summed E-state index contributed by atoms with van der Waals surface area (Å²) in [6.45, 7) is 1.95. The monoisotopic (exact) mass is 366 g/mol. The highest BCUT2D eigenvalue weighted by molar-refractivity contribution is 7.13. The molecule has 26 heavy (non-hydrogen) atoms. The average Bonchev–Trinajstić information content (AvgIpc) is 3.56. The molecule has 0 unspecified atom stereocenters. The van der Waals surface area contributed by atoms with Gasteiger partial charge in [-0.15, -0.1) is 11.3 Å². The van der Waals surface area contributed by atoms with Crippen LogP contribution in [0.25, 0.3) is 21.6 Å². The molecule has 134 valence electrons. The molecule has 0 spiro atoms. The molecule has 3 heterocycles. The van der Waals surface area contributed by atoms with Crippen LogP contribution in [0.15, 0.2) is 23.6 Å². The Kier molecular flexibility index (Phi) is 3.64. The molecule has 5 nitrogen and oxygen atoms in total. The predicted molar refractivity (Wildman–Crippen MR) is 103 cm³/mol. The SMILES string of the molecule is Cc1nn(C)c2nc(-c3cccs3)cc(C(=O)NC(C3CC3)C3CC3)c12. The minimum Gasteiger partial charge on any atom is -0.349 e. The van der Waals surface area contributed by atoms with Crippen LogP contribution >= 0.6 is 11.3 Å². The lowest BCUT2D eigenvalue weighted by Gasteiger charge is -2.18. The quantitative estimate of drug-likeness (QED) is 0.744. The Morgan fingerprint density at radius 3 is 2.65 bits per heavy atom. The maximum atomic E-state index is 13.2. The van der Waals surface area contributed by atoms with Gasteiger partial charge in [-0.05, 0) is 62.0 Å². The highest BCUT2D eigenvalue weighted by Crippen LogP contribution is 2.44. The van der Waals surface area contributed by atoms with E-state index in [0.717, 1.165) is 27.3 Å². The smallest absolute Gasteiger partial charge is 0.252 e. The third kappa shape index (κ3) is 2.72.